The molecule has 25 heavy (non-hydrogen) atoms. The van der Waals surface area contributed by atoms with Gasteiger partial charge >= 0.3 is 0 Å². The lowest BCUT2D eigenvalue weighted by Crippen LogP contribution is -2.41. The number of fused-ring (bicyclic) bond motifs is 1. The lowest BCUT2D eigenvalue weighted by Gasteiger charge is -2.21. The number of benzene rings is 1. The quantitative estimate of drug-likeness (QED) is 0.890. The fraction of sp³-hybridized carbons (Fsp3) is 0.500. The minimum atomic E-state index is 0.00618. The Hall–Kier alpha value is -2.41. The van der Waals surface area contributed by atoms with E-state index in [4.69, 9.17) is 9.26 Å². The van der Waals surface area contributed by atoms with E-state index in [-0.39, 0.29) is 18.1 Å². The van der Waals surface area contributed by atoms with Crippen LogP contribution in [0, 0.1) is 6.92 Å². The molecule has 2 aliphatic heterocycles. The molecule has 1 fully saturated rings. The number of ether oxygens (including phenoxy) is 1. The summed E-state index contributed by atoms with van der Waals surface area (Å²) in [5, 5.41) is 7.00. The van der Waals surface area contributed by atoms with Gasteiger partial charge < -0.3 is 14.6 Å². The molecule has 2 aromatic rings. The fourth-order valence-corrected chi connectivity index (χ4v) is 3.59. The second-order valence-corrected chi connectivity index (χ2v) is 6.66. The second-order valence-electron chi connectivity index (χ2n) is 6.66. The molecule has 1 aromatic heterocycles. The molecule has 7 heteroatoms. The summed E-state index contributed by atoms with van der Waals surface area (Å²) >= 11 is 0. The molecule has 0 spiro atoms. The number of rotatable bonds is 5. The highest BCUT2D eigenvalue weighted by atomic mass is 16.5. The maximum Gasteiger partial charge on any atom is 0.234 e. The summed E-state index contributed by atoms with van der Waals surface area (Å²) in [6.45, 7) is 3.52. The third kappa shape index (κ3) is 3.51. The topological polar surface area (TPSA) is 80.5 Å². The van der Waals surface area contributed by atoms with Crippen molar-refractivity contribution in [3.05, 3.63) is 41.5 Å². The number of hydrogen-bond donors (Lipinski definition) is 1. The van der Waals surface area contributed by atoms with Crippen molar-refractivity contribution in [3.8, 4) is 5.75 Å². The fourth-order valence-electron chi connectivity index (χ4n) is 3.59. The average Bonchev–Trinajstić information content (AvgIpc) is 3.31. The maximum atomic E-state index is 12.3. The first kappa shape index (κ1) is 16.1. The van der Waals surface area contributed by atoms with Gasteiger partial charge in [-0.05, 0) is 31.0 Å². The summed E-state index contributed by atoms with van der Waals surface area (Å²) in [7, 11) is 0. The number of hydrogen-bond acceptors (Lipinski definition) is 6. The highest BCUT2D eigenvalue weighted by Crippen LogP contribution is 2.30. The predicted octanol–water partition coefficient (Wildman–Crippen LogP) is 1.63. The summed E-state index contributed by atoms with van der Waals surface area (Å²) in [6, 6.07) is 8.08. The standard InChI is InChI=1S/C18H22N4O3/c1-12-20-18(21-25-12)15-6-4-8-22(15)11-17(23)19-10-14-9-13-5-2-3-7-16(13)24-14/h2-3,5,7,14-15H,4,6,8-11H2,1H3,(H,19,23)/t14-,15+/m1/s1. The van der Waals surface area contributed by atoms with E-state index in [1.165, 1.54) is 5.56 Å². The minimum absolute atomic E-state index is 0.00618. The molecule has 0 bridgehead atoms. The zero-order valence-corrected chi connectivity index (χ0v) is 14.3. The Kier molecular flexibility index (Phi) is 4.40. The SMILES string of the molecule is Cc1nc([C@@H]2CCCN2CC(=O)NC[C@H]2Cc3ccccc3O2)no1. The Balaban J connectivity index is 1.28. The van der Waals surface area contributed by atoms with Crippen molar-refractivity contribution in [1.82, 2.24) is 20.4 Å². The number of nitrogens with one attached hydrogen (secondary N) is 1. The molecule has 0 saturated carbocycles. The van der Waals surface area contributed by atoms with Gasteiger partial charge in [0.05, 0.1) is 19.1 Å². The van der Waals surface area contributed by atoms with Gasteiger partial charge in [0.1, 0.15) is 11.9 Å². The number of likely N-dealkylation sites (tertiary alicyclic amines) is 1. The van der Waals surface area contributed by atoms with Crippen LogP contribution >= 0.6 is 0 Å². The highest BCUT2D eigenvalue weighted by Gasteiger charge is 2.31. The van der Waals surface area contributed by atoms with Crippen LogP contribution in [-0.2, 0) is 11.2 Å². The third-order valence-electron chi connectivity index (χ3n) is 4.79. The van der Waals surface area contributed by atoms with Crippen LogP contribution in [0.5, 0.6) is 5.75 Å². The molecule has 7 nitrogen and oxygen atoms in total. The van der Waals surface area contributed by atoms with Crippen LogP contribution in [-0.4, -0.2) is 46.7 Å². The summed E-state index contributed by atoms with van der Waals surface area (Å²) in [5.74, 6) is 2.17. The van der Waals surface area contributed by atoms with Crippen LogP contribution in [0.4, 0.5) is 0 Å². The molecule has 3 heterocycles. The Morgan fingerprint density at radius 3 is 3.08 bits per heavy atom. The number of carbonyl (C=O) groups excluding carboxylic acids is 1. The van der Waals surface area contributed by atoms with Crippen molar-refractivity contribution in [2.45, 2.75) is 38.3 Å². The molecule has 1 saturated heterocycles. The summed E-state index contributed by atoms with van der Waals surface area (Å²) in [5.41, 5.74) is 1.20. The maximum absolute atomic E-state index is 12.3. The van der Waals surface area contributed by atoms with Gasteiger partial charge in [0.2, 0.25) is 11.8 Å². The third-order valence-corrected chi connectivity index (χ3v) is 4.79. The normalized spacial score (nSPS) is 22.6. The van der Waals surface area contributed by atoms with Gasteiger partial charge in [0.25, 0.3) is 0 Å². The van der Waals surface area contributed by atoms with Crippen molar-refractivity contribution in [2.24, 2.45) is 0 Å². The molecule has 1 N–H and O–H groups in total. The smallest absolute Gasteiger partial charge is 0.234 e. The molecule has 0 radical (unpaired) electrons. The second kappa shape index (κ2) is 6.84. The van der Waals surface area contributed by atoms with Crippen LogP contribution in [0.2, 0.25) is 0 Å². The first-order valence-electron chi connectivity index (χ1n) is 8.74. The van der Waals surface area contributed by atoms with Gasteiger partial charge in [0.15, 0.2) is 5.82 Å². The van der Waals surface area contributed by atoms with Gasteiger partial charge in [-0.3, -0.25) is 9.69 Å². The summed E-state index contributed by atoms with van der Waals surface area (Å²) in [4.78, 5) is 18.8. The van der Waals surface area contributed by atoms with Crippen molar-refractivity contribution in [1.29, 1.82) is 0 Å². The van der Waals surface area contributed by atoms with E-state index in [1.54, 1.807) is 6.92 Å². The molecule has 1 aromatic carbocycles. The van der Waals surface area contributed by atoms with E-state index in [0.717, 1.165) is 31.6 Å². The van der Waals surface area contributed by atoms with Gasteiger partial charge in [-0.15, -0.1) is 0 Å². The Morgan fingerprint density at radius 1 is 1.40 bits per heavy atom. The number of para-hydroxylation sites is 1. The largest absolute Gasteiger partial charge is 0.488 e. The van der Waals surface area contributed by atoms with Crippen LogP contribution in [0.15, 0.2) is 28.8 Å². The van der Waals surface area contributed by atoms with E-state index >= 15 is 0 Å². The van der Waals surface area contributed by atoms with Crippen LogP contribution in [0.1, 0.15) is 36.2 Å². The van der Waals surface area contributed by atoms with E-state index in [1.807, 2.05) is 18.2 Å². The molecule has 0 aliphatic carbocycles. The van der Waals surface area contributed by atoms with E-state index in [2.05, 4.69) is 26.4 Å². The van der Waals surface area contributed by atoms with E-state index in [9.17, 15) is 4.79 Å². The molecule has 0 unspecified atom stereocenters. The van der Waals surface area contributed by atoms with Gasteiger partial charge in [-0.25, -0.2) is 0 Å². The Labute approximate surface area is 146 Å². The molecule has 1 amide bonds. The molecule has 4 rings (SSSR count). The zero-order chi connectivity index (χ0) is 17.2. The average molecular weight is 342 g/mol. The first-order valence-corrected chi connectivity index (χ1v) is 8.74. The van der Waals surface area contributed by atoms with Crippen molar-refractivity contribution in [3.63, 3.8) is 0 Å². The molecule has 2 aliphatic rings. The van der Waals surface area contributed by atoms with E-state index in [0.29, 0.717) is 24.8 Å². The van der Waals surface area contributed by atoms with Crippen molar-refractivity contribution < 1.29 is 14.1 Å². The number of nitrogens with zero attached hydrogens (tertiary/aromatic N) is 3. The van der Waals surface area contributed by atoms with Crippen LogP contribution in [0.25, 0.3) is 0 Å². The van der Waals surface area contributed by atoms with Crippen molar-refractivity contribution in [2.75, 3.05) is 19.6 Å². The lowest BCUT2D eigenvalue weighted by molar-refractivity contribution is -0.122. The first-order chi connectivity index (χ1) is 12.2. The Bertz CT molecular complexity index is 735. The van der Waals surface area contributed by atoms with E-state index < -0.39 is 0 Å². The molecule has 132 valence electrons. The summed E-state index contributed by atoms with van der Waals surface area (Å²) in [6.07, 6.45) is 2.83. The Morgan fingerprint density at radius 2 is 2.28 bits per heavy atom. The molecule has 2 atom stereocenters. The predicted molar refractivity (Wildman–Crippen MR) is 90.2 cm³/mol. The monoisotopic (exact) mass is 342 g/mol. The minimum Gasteiger partial charge on any atom is -0.488 e. The molecular formula is C18H22N4O3. The van der Waals surface area contributed by atoms with Gasteiger partial charge in [-0.2, -0.15) is 4.98 Å². The number of aromatic nitrogens is 2. The van der Waals surface area contributed by atoms with Gasteiger partial charge in [-0.1, -0.05) is 23.4 Å². The highest BCUT2D eigenvalue weighted by molar-refractivity contribution is 5.78. The van der Waals surface area contributed by atoms with Crippen molar-refractivity contribution >= 4 is 5.91 Å². The van der Waals surface area contributed by atoms with Crippen LogP contribution < -0.4 is 10.1 Å². The zero-order valence-electron chi connectivity index (χ0n) is 14.3. The van der Waals surface area contributed by atoms with Gasteiger partial charge in [0, 0.05) is 13.3 Å². The lowest BCUT2D eigenvalue weighted by atomic mass is 10.1. The number of amides is 1. The van der Waals surface area contributed by atoms with Crippen LogP contribution in [0.3, 0.4) is 0 Å². The number of aryl methyl sites for hydroxylation is 1. The summed E-state index contributed by atoms with van der Waals surface area (Å²) < 4.78 is 10.9. The molecular weight excluding hydrogens is 320 g/mol. The number of carbonyl (C=O) groups is 1.